The van der Waals surface area contributed by atoms with Crippen molar-refractivity contribution in [2.75, 3.05) is 39.0 Å². The highest BCUT2D eigenvalue weighted by atomic mass is 35.5. The predicted molar refractivity (Wildman–Crippen MR) is 114 cm³/mol. The summed E-state index contributed by atoms with van der Waals surface area (Å²) in [5.74, 6) is 0.652. The van der Waals surface area contributed by atoms with Gasteiger partial charge in [0, 0.05) is 27.1 Å². The second kappa shape index (κ2) is 10.6. The molecular weight excluding hydrogens is 398 g/mol. The number of carbonyl (C=O) groups is 1. The van der Waals surface area contributed by atoms with Crippen LogP contribution in [0.4, 0.5) is 5.69 Å². The molecule has 1 aliphatic heterocycles. The number of rotatable bonds is 8. The lowest BCUT2D eigenvalue weighted by atomic mass is 9.96. The first kappa shape index (κ1) is 23.1. The summed E-state index contributed by atoms with van der Waals surface area (Å²) >= 11 is 6.15. The summed E-state index contributed by atoms with van der Waals surface area (Å²) in [6, 6.07) is 4.35. The van der Waals surface area contributed by atoms with Gasteiger partial charge in [-0.25, -0.2) is 12.7 Å². The van der Waals surface area contributed by atoms with E-state index in [-0.39, 0.29) is 10.8 Å². The van der Waals surface area contributed by atoms with Crippen molar-refractivity contribution in [1.82, 2.24) is 9.21 Å². The van der Waals surface area contributed by atoms with E-state index >= 15 is 0 Å². The summed E-state index contributed by atoms with van der Waals surface area (Å²) in [6.07, 6.45) is 6.54. The van der Waals surface area contributed by atoms with Gasteiger partial charge in [0.2, 0.25) is 15.9 Å². The molecule has 158 valence electrons. The minimum absolute atomic E-state index is 0.103. The van der Waals surface area contributed by atoms with Crippen LogP contribution in [0.1, 0.15) is 45.4 Å². The molecule has 8 heteroatoms. The Balaban J connectivity index is 1.93. The number of carbonyl (C=O) groups excluding carboxylic acids is 1. The van der Waals surface area contributed by atoms with Gasteiger partial charge in [-0.2, -0.15) is 0 Å². The average Bonchev–Trinajstić information content (AvgIpc) is 2.87. The summed E-state index contributed by atoms with van der Waals surface area (Å²) < 4.78 is 25.7. The van der Waals surface area contributed by atoms with Gasteiger partial charge in [-0.15, -0.1) is 0 Å². The number of hydrogen-bond donors (Lipinski definition) is 1. The van der Waals surface area contributed by atoms with Crippen molar-refractivity contribution in [1.29, 1.82) is 0 Å². The molecule has 1 heterocycles. The smallest absolute Gasteiger partial charge is 0.242 e. The van der Waals surface area contributed by atoms with Crippen molar-refractivity contribution >= 4 is 33.2 Å². The first-order valence-electron chi connectivity index (χ1n) is 9.98. The van der Waals surface area contributed by atoms with Crippen molar-refractivity contribution in [3.05, 3.63) is 23.2 Å². The molecule has 1 N–H and O–H groups in total. The van der Waals surface area contributed by atoms with E-state index in [9.17, 15) is 13.2 Å². The monoisotopic (exact) mass is 429 g/mol. The third kappa shape index (κ3) is 6.44. The van der Waals surface area contributed by atoms with Gasteiger partial charge in [-0.05, 0) is 56.5 Å². The summed E-state index contributed by atoms with van der Waals surface area (Å²) in [6.45, 7) is 5.01. The molecule has 0 aliphatic carbocycles. The summed E-state index contributed by atoms with van der Waals surface area (Å²) in [5.41, 5.74) is 0.327. The summed E-state index contributed by atoms with van der Waals surface area (Å²) in [5, 5.41) is 3.09. The molecule has 0 bridgehead atoms. The Labute approximate surface area is 174 Å². The first-order chi connectivity index (χ1) is 13.2. The molecule has 0 aromatic heterocycles. The fraction of sp³-hybridized carbons (Fsp3) is 0.650. The normalized spacial score (nSPS) is 18.8. The van der Waals surface area contributed by atoms with Gasteiger partial charge in [0.05, 0.1) is 15.6 Å². The maximum atomic E-state index is 12.4. The zero-order valence-corrected chi connectivity index (χ0v) is 18.7. The van der Waals surface area contributed by atoms with E-state index in [2.05, 4.69) is 17.1 Å². The van der Waals surface area contributed by atoms with Gasteiger partial charge in [0.15, 0.2) is 0 Å². The van der Waals surface area contributed by atoms with Crippen LogP contribution < -0.4 is 5.32 Å². The molecule has 1 unspecified atom stereocenters. The van der Waals surface area contributed by atoms with Crippen molar-refractivity contribution in [2.45, 2.75) is 50.3 Å². The Morgan fingerprint density at radius 2 is 2.04 bits per heavy atom. The van der Waals surface area contributed by atoms with E-state index in [0.29, 0.717) is 23.7 Å². The Bertz CT molecular complexity index is 768. The second-order valence-electron chi connectivity index (χ2n) is 7.65. The van der Waals surface area contributed by atoms with Crippen molar-refractivity contribution in [2.24, 2.45) is 5.92 Å². The molecule has 1 aliphatic rings. The molecule has 0 saturated carbocycles. The molecule has 1 atom stereocenters. The van der Waals surface area contributed by atoms with Crippen LogP contribution in [0.15, 0.2) is 23.1 Å². The van der Waals surface area contributed by atoms with Gasteiger partial charge in [-0.1, -0.05) is 31.4 Å². The molecule has 28 heavy (non-hydrogen) atoms. The number of sulfonamides is 1. The number of halogens is 1. The Morgan fingerprint density at radius 3 is 2.71 bits per heavy atom. The van der Waals surface area contributed by atoms with Crippen LogP contribution in [-0.2, 0) is 14.8 Å². The van der Waals surface area contributed by atoms with Gasteiger partial charge in [0.25, 0.3) is 0 Å². The zero-order valence-electron chi connectivity index (χ0n) is 17.1. The van der Waals surface area contributed by atoms with E-state index in [1.54, 1.807) is 0 Å². The lowest BCUT2D eigenvalue weighted by molar-refractivity contribution is -0.116. The van der Waals surface area contributed by atoms with Gasteiger partial charge in [-0.3, -0.25) is 4.79 Å². The highest BCUT2D eigenvalue weighted by molar-refractivity contribution is 7.89. The molecule has 0 radical (unpaired) electrons. The molecule has 1 fully saturated rings. The van der Waals surface area contributed by atoms with Gasteiger partial charge < -0.3 is 10.2 Å². The maximum Gasteiger partial charge on any atom is 0.242 e. The predicted octanol–water partition coefficient (Wildman–Crippen LogP) is 3.82. The van der Waals surface area contributed by atoms with Gasteiger partial charge >= 0.3 is 0 Å². The summed E-state index contributed by atoms with van der Waals surface area (Å²) in [7, 11) is -0.647. The van der Waals surface area contributed by atoms with Crippen LogP contribution >= 0.6 is 11.6 Å². The van der Waals surface area contributed by atoms with Gasteiger partial charge in [0.1, 0.15) is 0 Å². The number of benzene rings is 1. The van der Waals surface area contributed by atoms with E-state index in [0.717, 1.165) is 23.3 Å². The number of anilines is 1. The number of nitrogens with zero attached hydrogens (tertiary/aromatic N) is 2. The minimum Gasteiger partial charge on any atom is -0.325 e. The first-order valence-corrected chi connectivity index (χ1v) is 11.8. The molecule has 1 aromatic carbocycles. The highest BCUT2D eigenvalue weighted by Crippen LogP contribution is 2.27. The van der Waals surface area contributed by atoms with Crippen molar-refractivity contribution in [3.8, 4) is 0 Å². The Morgan fingerprint density at radius 1 is 1.29 bits per heavy atom. The molecule has 1 saturated heterocycles. The average molecular weight is 430 g/mol. The Hall–Kier alpha value is -1.15. The molecular formula is C20H32ClN3O3S. The van der Waals surface area contributed by atoms with Crippen LogP contribution in [0.5, 0.6) is 0 Å². The lowest BCUT2D eigenvalue weighted by Crippen LogP contribution is -2.29. The largest absolute Gasteiger partial charge is 0.325 e. The highest BCUT2D eigenvalue weighted by Gasteiger charge is 2.20. The molecule has 2 rings (SSSR count). The Kier molecular flexibility index (Phi) is 8.74. The fourth-order valence-electron chi connectivity index (χ4n) is 3.59. The van der Waals surface area contributed by atoms with Crippen LogP contribution in [0.2, 0.25) is 5.02 Å². The third-order valence-corrected chi connectivity index (χ3v) is 7.42. The quantitative estimate of drug-likeness (QED) is 0.681. The number of likely N-dealkylation sites (tertiary alicyclic amines) is 1. The van der Waals surface area contributed by atoms with Crippen LogP contribution in [-0.4, -0.2) is 57.3 Å². The molecule has 0 spiro atoms. The molecule has 6 nitrogen and oxygen atoms in total. The van der Waals surface area contributed by atoms with E-state index < -0.39 is 10.0 Å². The number of hydrogen-bond acceptors (Lipinski definition) is 4. The maximum absolute atomic E-state index is 12.4. The van der Waals surface area contributed by atoms with E-state index in [1.165, 1.54) is 64.4 Å². The number of nitrogens with one attached hydrogen (secondary N) is 1. The third-order valence-electron chi connectivity index (χ3n) is 5.28. The standard InChI is InChI=1S/C20H32ClN3O3S/c1-4-6-16-7-5-12-24(13-10-16)14-11-20(25)22-19-15-17(8-9-18(19)21)28(26,27)23(2)3/h8-9,15-16H,4-7,10-14H2,1-3H3,(H,22,25). The van der Waals surface area contributed by atoms with Crippen LogP contribution in [0.3, 0.4) is 0 Å². The number of amides is 1. The van der Waals surface area contributed by atoms with E-state index in [4.69, 9.17) is 11.6 Å². The second-order valence-corrected chi connectivity index (χ2v) is 10.2. The zero-order chi connectivity index (χ0) is 20.7. The topological polar surface area (TPSA) is 69.7 Å². The molecule has 1 amide bonds. The van der Waals surface area contributed by atoms with E-state index in [1.807, 2.05) is 0 Å². The summed E-state index contributed by atoms with van der Waals surface area (Å²) in [4.78, 5) is 14.9. The fourth-order valence-corrected chi connectivity index (χ4v) is 4.68. The molecule has 1 aromatic rings. The van der Waals surface area contributed by atoms with Crippen LogP contribution in [0, 0.1) is 5.92 Å². The van der Waals surface area contributed by atoms with Crippen molar-refractivity contribution < 1.29 is 13.2 Å². The van der Waals surface area contributed by atoms with Crippen LogP contribution in [0.25, 0.3) is 0 Å². The SMILES string of the molecule is CCCC1CCCN(CCC(=O)Nc2cc(S(=O)(=O)N(C)C)ccc2Cl)CC1. The lowest BCUT2D eigenvalue weighted by Gasteiger charge is -2.20. The minimum atomic E-state index is -3.58. The van der Waals surface area contributed by atoms with Crippen molar-refractivity contribution in [3.63, 3.8) is 0 Å².